The van der Waals surface area contributed by atoms with Crippen molar-refractivity contribution in [2.24, 2.45) is 5.92 Å². The minimum atomic E-state index is 0.120. The van der Waals surface area contributed by atoms with Crippen molar-refractivity contribution in [2.75, 3.05) is 11.4 Å². The summed E-state index contributed by atoms with van der Waals surface area (Å²) in [4.78, 5) is 15.0. The standard InChI is InChI=1S/C18H22N2OS/c1-14-11-16(7-9-19-14)18(21)20(12-15-8-10-22-13-15)17-5-3-2-4-6-17/h2-6,8,10,13-14,16,19H,7,9,11-12H2,1H3/t14-,16-/m0/s1. The molecule has 3 nitrogen and oxygen atoms in total. The number of carbonyl (C=O) groups is 1. The summed E-state index contributed by atoms with van der Waals surface area (Å²) >= 11 is 1.68. The van der Waals surface area contributed by atoms with E-state index in [1.807, 2.05) is 35.2 Å². The van der Waals surface area contributed by atoms with Crippen molar-refractivity contribution in [3.05, 3.63) is 52.7 Å². The van der Waals surface area contributed by atoms with Crippen molar-refractivity contribution in [1.82, 2.24) is 5.32 Å². The minimum absolute atomic E-state index is 0.120. The Morgan fingerprint density at radius 1 is 1.32 bits per heavy atom. The predicted octanol–water partition coefficient (Wildman–Crippen LogP) is 3.67. The molecule has 116 valence electrons. The Morgan fingerprint density at radius 2 is 2.14 bits per heavy atom. The van der Waals surface area contributed by atoms with Crippen molar-refractivity contribution in [3.8, 4) is 0 Å². The average Bonchev–Trinajstić information content (AvgIpc) is 3.06. The van der Waals surface area contributed by atoms with E-state index >= 15 is 0 Å². The van der Waals surface area contributed by atoms with Gasteiger partial charge in [-0.1, -0.05) is 18.2 Å². The van der Waals surface area contributed by atoms with Crippen LogP contribution >= 0.6 is 11.3 Å². The zero-order valence-electron chi connectivity index (χ0n) is 12.9. The van der Waals surface area contributed by atoms with Gasteiger partial charge in [-0.2, -0.15) is 11.3 Å². The smallest absolute Gasteiger partial charge is 0.230 e. The van der Waals surface area contributed by atoms with Crippen LogP contribution in [0.25, 0.3) is 0 Å². The number of nitrogens with zero attached hydrogens (tertiary/aromatic N) is 1. The van der Waals surface area contributed by atoms with E-state index in [1.54, 1.807) is 11.3 Å². The maximum Gasteiger partial charge on any atom is 0.230 e. The third kappa shape index (κ3) is 3.57. The van der Waals surface area contributed by atoms with E-state index in [4.69, 9.17) is 0 Å². The molecule has 0 aliphatic carbocycles. The van der Waals surface area contributed by atoms with Crippen LogP contribution < -0.4 is 10.2 Å². The Bertz CT molecular complexity index is 597. The first-order valence-corrected chi connectivity index (χ1v) is 8.79. The quantitative estimate of drug-likeness (QED) is 0.934. The predicted molar refractivity (Wildman–Crippen MR) is 92.1 cm³/mol. The number of benzene rings is 1. The fourth-order valence-electron chi connectivity index (χ4n) is 3.05. The molecular formula is C18H22N2OS. The number of carbonyl (C=O) groups excluding carboxylic acids is 1. The SMILES string of the molecule is C[C@H]1C[C@@H](C(=O)N(Cc2ccsc2)c2ccccc2)CCN1. The zero-order valence-corrected chi connectivity index (χ0v) is 13.7. The number of piperidine rings is 1. The third-order valence-electron chi connectivity index (χ3n) is 4.23. The lowest BCUT2D eigenvalue weighted by Crippen LogP contribution is -2.44. The van der Waals surface area contributed by atoms with E-state index in [9.17, 15) is 4.79 Å². The monoisotopic (exact) mass is 314 g/mol. The van der Waals surface area contributed by atoms with Crippen LogP contribution in [0, 0.1) is 5.92 Å². The number of hydrogen-bond acceptors (Lipinski definition) is 3. The fraction of sp³-hybridized carbons (Fsp3) is 0.389. The van der Waals surface area contributed by atoms with Gasteiger partial charge in [0.05, 0.1) is 6.54 Å². The summed E-state index contributed by atoms with van der Waals surface area (Å²) in [5, 5.41) is 7.61. The lowest BCUT2D eigenvalue weighted by molar-refractivity contribution is -0.123. The molecule has 1 aromatic carbocycles. The molecule has 3 rings (SSSR count). The summed E-state index contributed by atoms with van der Waals surface area (Å²) in [6, 6.07) is 12.5. The fourth-order valence-corrected chi connectivity index (χ4v) is 3.71. The maximum atomic E-state index is 13.1. The van der Waals surface area contributed by atoms with Crippen LogP contribution in [0.3, 0.4) is 0 Å². The van der Waals surface area contributed by atoms with Crippen LogP contribution in [0.15, 0.2) is 47.2 Å². The number of para-hydroxylation sites is 1. The number of rotatable bonds is 4. The van der Waals surface area contributed by atoms with E-state index in [1.165, 1.54) is 5.56 Å². The number of thiophene rings is 1. The second-order valence-electron chi connectivity index (χ2n) is 5.97. The maximum absolute atomic E-state index is 13.1. The lowest BCUT2D eigenvalue weighted by atomic mass is 9.91. The van der Waals surface area contributed by atoms with E-state index in [-0.39, 0.29) is 11.8 Å². The molecule has 22 heavy (non-hydrogen) atoms. The van der Waals surface area contributed by atoms with Crippen LogP contribution in [-0.2, 0) is 11.3 Å². The Balaban J connectivity index is 1.82. The molecule has 0 radical (unpaired) electrons. The molecular weight excluding hydrogens is 292 g/mol. The van der Waals surface area contributed by atoms with Crippen LogP contribution in [-0.4, -0.2) is 18.5 Å². The molecule has 1 fully saturated rings. The Kier molecular flexibility index (Phi) is 4.90. The first-order valence-electron chi connectivity index (χ1n) is 7.85. The molecule has 1 N–H and O–H groups in total. The molecule has 0 unspecified atom stereocenters. The average molecular weight is 314 g/mol. The topological polar surface area (TPSA) is 32.3 Å². The van der Waals surface area contributed by atoms with E-state index < -0.39 is 0 Å². The summed E-state index contributed by atoms with van der Waals surface area (Å²) < 4.78 is 0. The molecule has 0 bridgehead atoms. The van der Waals surface area contributed by atoms with Crippen LogP contribution in [0.4, 0.5) is 5.69 Å². The van der Waals surface area contributed by atoms with Gasteiger partial charge >= 0.3 is 0 Å². The van der Waals surface area contributed by atoms with E-state index in [0.717, 1.165) is 25.1 Å². The molecule has 0 spiro atoms. The van der Waals surface area contributed by atoms with Gasteiger partial charge in [-0.15, -0.1) is 0 Å². The lowest BCUT2D eigenvalue weighted by Gasteiger charge is -2.32. The van der Waals surface area contributed by atoms with Crippen molar-refractivity contribution >= 4 is 22.9 Å². The molecule has 1 aliphatic rings. The highest BCUT2D eigenvalue weighted by molar-refractivity contribution is 7.07. The van der Waals surface area contributed by atoms with Gasteiger partial charge in [-0.05, 0) is 60.8 Å². The highest BCUT2D eigenvalue weighted by Crippen LogP contribution is 2.25. The summed E-state index contributed by atoms with van der Waals surface area (Å²) in [5.41, 5.74) is 2.19. The summed E-state index contributed by atoms with van der Waals surface area (Å²) in [6.07, 6.45) is 1.85. The van der Waals surface area contributed by atoms with Gasteiger partial charge in [0, 0.05) is 17.6 Å². The number of amides is 1. The first kappa shape index (κ1) is 15.3. The summed E-state index contributed by atoms with van der Waals surface area (Å²) in [5.74, 6) is 0.376. The second kappa shape index (κ2) is 7.07. The van der Waals surface area contributed by atoms with Crippen LogP contribution in [0.1, 0.15) is 25.3 Å². The van der Waals surface area contributed by atoms with E-state index in [0.29, 0.717) is 12.6 Å². The molecule has 1 aromatic heterocycles. The van der Waals surface area contributed by atoms with Gasteiger partial charge in [-0.25, -0.2) is 0 Å². The van der Waals surface area contributed by atoms with Gasteiger partial charge in [0.25, 0.3) is 0 Å². The van der Waals surface area contributed by atoms with Gasteiger partial charge in [0.1, 0.15) is 0 Å². The normalized spacial score (nSPS) is 21.5. The number of hydrogen-bond donors (Lipinski definition) is 1. The molecule has 2 heterocycles. The molecule has 2 aromatic rings. The van der Waals surface area contributed by atoms with Gasteiger partial charge in [-0.3, -0.25) is 4.79 Å². The van der Waals surface area contributed by atoms with Crippen LogP contribution in [0.5, 0.6) is 0 Å². The highest BCUT2D eigenvalue weighted by Gasteiger charge is 2.29. The van der Waals surface area contributed by atoms with Gasteiger partial charge in [0.2, 0.25) is 5.91 Å². The van der Waals surface area contributed by atoms with Crippen LogP contribution in [0.2, 0.25) is 0 Å². The second-order valence-corrected chi connectivity index (χ2v) is 6.75. The Labute approximate surface area is 136 Å². The Hall–Kier alpha value is -1.65. The Morgan fingerprint density at radius 3 is 2.82 bits per heavy atom. The minimum Gasteiger partial charge on any atom is -0.314 e. The van der Waals surface area contributed by atoms with Gasteiger partial charge < -0.3 is 10.2 Å². The molecule has 2 atom stereocenters. The molecule has 1 aliphatic heterocycles. The molecule has 0 saturated carbocycles. The van der Waals surface area contributed by atoms with Crippen molar-refractivity contribution in [1.29, 1.82) is 0 Å². The number of anilines is 1. The van der Waals surface area contributed by atoms with Crippen molar-refractivity contribution < 1.29 is 4.79 Å². The molecule has 1 amide bonds. The zero-order chi connectivity index (χ0) is 15.4. The van der Waals surface area contributed by atoms with Crippen molar-refractivity contribution in [3.63, 3.8) is 0 Å². The number of nitrogens with one attached hydrogen (secondary N) is 1. The molecule has 4 heteroatoms. The third-order valence-corrected chi connectivity index (χ3v) is 4.96. The van der Waals surface area contributed by atoms with Crippen molar-refractivity contribution in [2.45, 2.75) is 32.4 Å². The largest absolute Gasteiger partial charge is 0.314 e. The van der Waals surface area contributed by atoms with E-state index in [2.05, 4.69) is 29.1 Å². The highest BCUT2D eigenvalue weighted by atomic mass is 32.1. The first-order chi connectivity index (χ1) is 10.7. The summed E-state index contributed by atoms with van der Waals surface area (Å²) in [6.45, 7) is 3.74. The summed E-state index contributed by atoms with van der Waals surface area (Å²) in [7, 11) is 0. The molecule has 1 saturated heterocycles. The van der Waals surface area contributed by atoms with Gasteiger partial charge in [0.15, 0.2) is 0 Å².